The Morgan fingerprint density at radius 2 is 1.75 bits per heavy atom. The summed E-state index contributed by atoms with van der Waals surface area (Å²) in [5.41, 5.74) is 1.91. The lowest BCUT2D eigenvalue weighted by Crippen LogP contribution is -2.39. The molecule has 1 aliphatic rings. The Labute approximate surface area is 143 Å². The number of carbonyl (C=O) groups excluding carboxylic acids is 1. The van der Waals surface area contributed by atoms with E-state index in [1.807, 2.05) is 42.5 Å². The SMILES string of the molecule is COc1ccc(C(CC(=O)c2ccccc2)N2CCOCC2)cc1. The lowest BCUT2D eigenvalue weighted by atomic mass is 9.96. The minimum Gasteiger partial charge on any atom is -0.497 e. The zero-order valence-electron chi connectivity index (χ0n) is 14.0. The van der Waals surface area contributed by atoms with Gasteiger partial charge in [0.15, 0.2) is 5.78 Å². The number of hydrogen-bond donors (Lipinski definition) is 0. The summed E-state index contributed by atoms with van der Waals surface area (Å²) >= 11 is 0. The van der Waals surface area contributed by atoms with Crippen LogP contribution in [0.25, 0.3) is 0 Å². The van der Waals surface area contributed by atoms with Gasteiger partial charge in [-0.2, -0.15) is 0 Å². The van der Waals surface area contributed by atoms with Gasteiger partial charge in [0.25, 0.3) is 0 Å². The summed E-state index contributed by atoms with van der Waals surface area (Å²) in [6, 6.07) is 17.6. The van der Waals surface area contributed by atoms with Gasteiger partial charge in [0.2, 0.25) is 0 Å². The summed E-state index contributed by atoms with van der Waals surface area (Å²) in [7, 11) is 1.66. The van der Waals surface area contributed by atoms with Crippen LogP contribution in [0.2, 0.25) is 0 Å². The Bertz CT molecular complexity index is 648. The molecule has 1 aliphatic heterocycles. The van der Waals surface area contributed by atoms with E-state index in [-0.39, 0.29) is 11.8 Å². The molecule has 2 aromatic rings. The molecule has 126 valence electrons. The first-order chi connectivity index (χ1) is 11.8. The average Bonchev–Trinajstić information content (AvgIpc) is 2.67. The molecular weight excluding hydrogens is 302 g/mol. The van der Waals surface area contributed by atoms with Gasteiger partial charge in [0.1, 0.15) is 5.75 Å². The number of nitrogens with zero attached hydrogens (tertiary/aromatic N) is 1. The van der Waals surface area contributed by atoms with Crippen molar-refractivity contribution in [3.63, 3.8) is 0 Å². The molecule has 0 bridgehead atoms. The Morgan fingerprint density at radius 1 is 1.08 bits per heavy atom. The minimum atomic E-state index is 0.0625. The monoisotopic (exact) mass is 325 g/mol. The smallest absolute Gasteiger partial charge is 0.164 e. The molecule has 4 nitrogen and oxygen atoms in total. The molecule has 0 saturated carbocycles. The zero-order valence-corrected chi connectivity index (χ0v) is 14.0. The molecule has 0 spiro atoms. The van der Waals surface area contributed by atoms with E-state index in [9.17, 15) is 4.79 Å². The molecule has 0 amide bonds. The van der Waals surface area contributed by atoms with E-state index >= 15 is 0 Å². The molecule has 0 radical (unpaired) electrons. The normalized spacial score (nSPS) is 16.5. The van der Waals surface area contributed by atoms with Crippen molar-refractivity contribution in [2.45, 2.75) is 12.5 Å². The van der Waals surface area contributed by atoms with Crippen LogP contribution in [-0.4, -0.2) is 44.1 Å². The van der Waals surface area contributed by atoms with Crippen molar-refractivity contribution in [2.75, 3.05) is 33.4 Å². The van der Waals surface area contributed by atoms with E-state index in [0.29, 0.717) is 19.6 Å². The summed E-state index contributed by atoms with van der Waals surface area (Å²) in [6.07, 6.45) is 0.469. The quantitative estimate of drug-likeness (QED) is 0.764. The van der Waals surface area contributed by atoms with E-state index in [0.717, 1.165) is 30.0 Å². The first kappa shape index (κ1) is 16.7. The summed E-state index contributed by atoms with van der Waals surface area (Å²) in [4.78, 5) is 15.1. The van der Waals surface area contributed by atoms with Crippen molar-refractivity contribution in [1.29, 1.82) is 0 Å². The van der Waals surface area contributed by atoms with Crippen molar-refractivity contribution in [1.82, 2.24) is 4.90 Å². The fourth-order valence-electron chi connectivity index (χ4n) is 3.09. The summed E-state index contributed by atoms with van der Waals surface area (Å²) in [5.74, 6) is 0.997. The van der Waals surface area contributed by atoms with Gasteiger partial charge in [-0.3, -0.25) is 9.69 Å². The third-order valence-corrected chi connectivity index (χ3v) is 4.46. The van der Waals surface area contributed by atoms with Gasteiger partial charge in [-0.05, 0) is 17.7 Å². The first-order valence-electron chi connectivity index (χ1n) is 8.32. The molecule has 0 aromatic heterocycles. The molecule has 4 heteroatoms. The molecule has 1 fully saturated rings. The standard InChI is InChI=1S/C20H23NO3/c1-23-18-9-7-16(8-10-18)19(21-11-13-24-14-12-21)15-20(22)17-5-3-2-4-6-17/h2-10,19H,11-15H2,1H3. The van der Waals surface area contributed by atoms with Crippen molar-refractivity contribution >= 4 is 5.78 Å². The number of rotatable bonds is 6. The molecule has 2 aromatic carbocycles. The highest BCUT2D eigenvalue weighted by molar-refractivity contribution is 5.96. The van der Waals surface area contributed by atoms with Crippen LogP contribution in [0.3, 0.4) is 0 Å². The Balaban J connectivity index is 1.82. The van der Waals surface area contributed by atoms with E-state index < -0.39 is 0 Å². The molecule has 3 rings (SSSR count). The molecule has 1 atom stereocenters. The maximum absolute atomic E-state index is 12.7. The third kappa shape index (κ3) is 4.02. The van der Waals surface area contributed by atoms with Crippen molar-refractivity contribution in [3.8, 4) is 5.75 Å². The molecule has 24 heavy (non-hydrogen) atoms. The second-order valence-corrected chi connectivity index (χ2v) is 5.93. The highest BCUT2D eigenvalue weighted by Gasteiger charge is 2.25. The highest BCUT2D eigenvalue weighted by Crippen LogP contribution is 2.28. The third-order valence-electron chi connectivity index (χ3n) is 4.46. The predicted molar refractivity (Wildman–Crippen MR) is 93.5 cm³/mol. The number of ketones is 1. The fraction of sp³-hybridized carbons (Fsp3) is 0.350. The second kappa shape index (κ2) is 8.08. The van der Waals surface area contributed by atoms with Crippen LogP contribution < -0.4 is 4.74 Å². The summed E-state index contributed by atoms with van der Waals surface area (Å²) in [6.45, 7) is 3.12. The van der Waals surface area contributed by atoms with Gasteiger partial charge in [0.05, 0.1) is 20.3 Å². The number of carbonyl (C=O) groups is 1. The Morgan fingerprint density at radius 3 is 2.38 bits per heavy atom. The lowest BCUT2D eigenvalue weighted by Gasteiger charge is -2.34. The van der Waals surface area contributed by atoms with Gasteiger partial charge >= 0.3 is 0 Å². The summed E-state index contributed by atoms with van der Waals surface area (Å²) in [5, 5.41) is 0. The molecule has 0 aliphatic carbocycles. The topological polar surface area (TPSA) is 38.8 Å². The van der Waals surface area contributed by atoms with E-state index in [1.54, 1.807) is 7.11 Å². The Kier molecular flexibility index (Phi) is 5.62. The molecule has 1 saturated heterocycles. The van der Waals surface area contributed by atoms with E-state index in [1.165, 1.54) is 0 Å². The number of ether oxygens (including phenoxy) is 2. The second-order valence-electron chi connectivity index (χ2n) is 5.93. The van der Waals surface area contributed by atoms with Crippen molar-refractivity contribution in [3.05, 3.63) is 65.7 Å². The van der Waals surface area contributed by atoms with Crippen LogP contribution in [0.4, 0.5) is 0 Å². The largest absolute Gasteiger partial charge is 0.497 e. The van der Waals surface area contributed by atoms with Gasteiger partial charge in [0, 0.05) is 31.1 Å². The molecular formula is C20H23NO3. The van der Waals surface area contributed by atoms with Gasteiger partial charge in [-0.15, -0.1) is 0 Å². The lowest BCUT2D eigenvalue weighted by molar-refractivity contribution is 0.0145. The minimum absolute atomic E-state index is 0.0625. The van der Waals surface area contributed by atoms with Gasteiger partial charge < -0.3 is 9.47 Å². The van der Waals surface area contributed by atoms with Crippen LogP contribution >= 0.6 is 0 Å². The number of hydrogen-bond acceptors (Lipinski definition) is 4. The van der Waals surface area contributed by atoms with Crippen molar-refractivity contribution in [2.24, 2.45) is 0 Å². The molecule has 1 unspecified atom stereocenters. The maximum Gasteiger partial charge on any atom is 0.164 e. The number of morpholine rings is 1. The number of Topliss-reactive ketones (excluding diaryl/α,β-unsaturated/α-hetero) is 1. The Hall–Kier alpha value is -2.17. The van der Waals surface area contributed by atoms with Crippen LogP contribution in [-0.2, 0) is 4.74 Å². The van der Waals surface area contributed by atoms with Crippen LogP contribution in [0.15, 0.2) is 54.6 Å². The number of methoxy groups -OCH3 is 1. The maximum atomic E-state index is 12.7. The van der Waals surface area contributed by atoms with E-state index in [4.69, 9.17) is 9.47 Å². The first-order valence-corrected chi connectivity index (χ1v) is 8.32. The summed E-state index contributed by atoms with van der Waals surface area (Å²) < 4.78 is 10.7. The van der Waals surface area contributed by atoms with Gasteiger partial charge in [-0.25, -0.2) is 0 Å². The van der Waals surface area contributed by atoms with Crippen LogP contribution in [0.5, 0.6) is 5.75 Å². The zero-order chi connectivity index (χ0) is 16.8. The van der Waals surface area contributed by atoms with Crippen LogP contribution in [0.1, 0.15) is 28.4 Å². The predicted octanol–water partition coefficient (Wildman–Crippen LogP) is 3.34. The van der Waals surface area contributed by atoms with E-state index in [2.05, 4.69) is 17.0 Å². The molecule has 0 N–H and O–H groups in total. The van der Waals surface area contributed by atoms with Gasteiger partial charge in [-0.1, -0.05) is 42.5 Å². The van der Waals surface area contributed by atoms with Crippen molar-refractivity contribution < 1.29 is 14.3 Å². The molecule has 1 heterocycles. The van der Waals surface area contributed by atoms with Crippen LogP contribution in [0, 0.1) is 0 Å². The average molecular weight is 325 g/mol. The fourth-order valence-corrected chi connectivity index (χ4v) is 3.09. The number of benzene rings is 2. The highest BCUT2D eigenvalue weighted by atomic mass is 16.5.